The Morgan fingerprint density at radius 3 is 2.58 bits per heavy atom. The molecule has 0 radical (unpaired) electrons. The second-order valence-electron chi connectivity index (χ2n) is 6.61. The molecule has 0 saturated heterocycles. The number of rotatable bonds is 5. The molecular weight excluding hydrogens is 306 g/mol. The number of carbonyl (C=O) groups excluding carboxylic acids is 2. The number of ether oxygens (including phenoxy) is 1. The molecular formula is C18H23N3O3. The van der Waals surface area contributed by atoms with Gasteiger partial charge in [0.25, 0.3) is 5.91 Å². The SMILES string of the molecule is COc1ccc([C@H]2NC(=O)NC3=C2C(=O)N(CCC(C)C)C3)cc1. The van der Waals surface area contributed by atoms with E-state index in [1.54, 1.807) is 7.11 Å². The first-order valence-electron chi connectivity index (χ1n) is 8.23. The highest BCUT2D eigenvalue weighted by molar-refractivity contribution is 6.01. The van der Waals surface area contributed by atoms with E-state index in [4.69, 9.17) is 4.74 Å². The van der Waals surface area contributed by atoms with Gasteiger partial charge in [0.1, 0.15) is 5.75 Å². The van der Waals surface area contributed by atoms with Gasteiger partial charge in [-0.15, -0.1) is 0 Å². The van der Waals surface area contributed by atoms with Crippen molar-refractivity contribution in [3.8, 4) is 5.75 Å². The Balaban J connectivity index is 1.85. The number of nitrogens with one attached hydrogen (secondary N) is 2. The number of hydrogen-bond acceptors (Lipinski definition) is 3. The number of urea groups is 1. The monoisotopic (exact) mass is 329 g/mol. The Hall–Kier alpha value is -2.50. The molecule has 0 saturated carbocycles. The topological polar surface area (TPSA) is 70.7 Å². The maximum Gasteiger partial charge on any atom is 0.319 e. The van der Waals surface area contributed by atoms with Crippen LogP contribution in [0.3, 0.4) is 0 Å². The van der Waals surface area contributed by atoms with E-state index in [1.807, 2.05) is 29.2 Å². The molecule has 2 aliphatic heterocycles. The third-order valence-electron chi connectivity index (χ3n) is 4.45. The number of benzene rings is 1. The summed E-state index contributed by atoms with van der Waals surface area (Å²) in [5, 5.41) is 5.65. The molecule has 0 unspecified atom stereocenters. The average molecular weight is 329 g/mol. The van der Waals surface area contributed by atoms with E-state index < -0.39 is 6.04 Å². The van der Waals surface area contributed by atoms with Crippen LogP contribution in [0.5, 0.6) is 5.75 Å². The largest absolute Gasteiger partial charge is 0.497 e. The fourth-order valence-corrected chi connectivity index (χ4v) is 3.07. The number of hydrogen-bond donors (Lipinski definition) is 2. The van der Waals surface area contributed by atoms with Crippen LogP contribution in [0.2, 0.25) is 0 Å². The lowest BCUT2D eigenvalue weighted by Gasteiger charge is -2.25. The van der Waals surface area contributed by atoms with Crippen LogP contribution in [0.15, 0.2) is 35.5 Å². The fraction of sp³-hybridized carbons (Fsp3) is 0.444. The predicted octanol–water partition coefficient (Wildman–Crippen LogP) is 2.19. The summed E-state index contributed by atoms with van der Waals surface area (Å²) in [5.74, 6) is 1.27. The van der Waals surface area contributed by atoms with Crippen molar-refractivity contribution in [1.29, 1.82) is 0 Å². The van der Waals surface area contributed by atoms with Crippen molar-refractivity contribution in [2.75, 3.05) is 20.2 Å². The van der Waals surface area contributed by atoms with Gasteiger partial charge < -0.3 is 20.3 Å². The van der Waals surface area contributed by atoms with Crippen LogP contribution in [0, 0.1) is 5.92 Å². The van der Waals surface area contributed by atoms with E-state index in [0.29, 0.717) is 30.3 Å². The maximum atomic E-state index is 12.8. The van der Waals surface area contributed by atoms with E-state index in [9.17, 15) is 9.59 Å². The Morgan fingerprint density at radius 2 is 1.96 bits per heavy atom. The summed E-state index contributed by atoms with van der Waals surface area (Å²) < 4.78 is 5.17. The minimum Gasteiger partial charge on any atom is -0.497 e. The summed E-state index contributed by atoms with van der Waals surface area (Å²) in [4.78, 5) is 26.6. The highest BCUT2D eigenvalue weighted by Crippen LogP contribution is 2.33. The van der Waals surface area contributed by atoms with Crippen LogP contribution in [0.25, 0.3) is 0 Å². The van der Waals surface area contributed by atoms with Crippen LogP contribution in [-0.2, 0) is 4.79 Å². The zero-order chi connectivity index (χ0) is 17.3. The van der Waals surface area contributed by atoms with Crippen molar-refractivity contribution in [2.45, 2.75) is 26.3 Å². The molecule has 0 spiro atoms. The first kappa shape index (κ1) is 16.4. The van der Waals surface area contributed by atoms with Crippen molar-refractivity contribution < 1.29 is 14.3 Å². The number of methoxy groups -OCH3 is 1. The maximum absolute atomic E-state index is 12.8. The Labute approximate surface area is 141 Å². The van der Waals surface area contributed by atoms with Gasteiger partial charge in [0.15, 0.2) is 0 Å². The van der Waals surface area contributed by atoms with Crippen LogP contribution in [-0.4, -0.2) is 37.0 Å². The van der Waals surface area contributed by atoms with Crippen LogP contribution in [0.1, 0.15) is 31.9 Å². The van der Waals surface area contributed by atoms with E-state index in [1.165, 1.54) is 0 Å². The minimum atomic E-state index is -0.420. The van der Waals surface area contributed by atoms with Crippen molar-refractivity contribution in [1.82, 2.24) is 15.5 Å². The lowest BCUT2D eigenvalue weighted by molar-refractivity contribution is -0.125. The van der Waals surface area contributed by atoms with Crippen molar-refractivity contribution in [3.63, 3.8) is 0 Å². The van der Waals surface area contributed by atoms with Crippen LogP contribution in [0.4, 0.5) is 4.79 Å². The average Bonchev–Trinajstić information content (AvgIpc) is 2.88. The molecule has 1 atom stereocenters. The lowest BCUT2D eigenvalue weighted by atomic mass is 9.96. The van der Waals surface area contributed by atoms with E-state index in [-0.39, 0.29) is 11.9 Å². The van der Waals surface area contributed by atoms with Crippen molar-refractivity contribution in [3.05, 3.63) is 41.1 Å². The summed E-state index contributed by atoms with van der Waals surface area (Å²) in [7, 11) is 1.61. The highest BCUT2D eigenvalue weighted by atomic mass is 16.5. The van der Waals surface area contributed by atoms with E-state index in [0.717, 1.165) is 17.7 Å². The number of nitrogens with zero attached hydrogens (tertiary/aromatic N) is 1. The molecule has 3 rings (SSSR count). The Morgan fingerprint density at radius 1 is 1.25 bits per heavy atom. The molecule has 24 heavy (non-hydrogen) atoms. The van der Waals surface area contributed by atoms with E-state index >= 15 is 0 Å². The first-order chi connectivity index (χ1) is 11.5. The lowest BCUT2D eigenvalue weighted by Crippen LogP contribution is -2.44. The molecule has 6 nitrogen and oxygen atoms in total. The fourth-order valence-electron chi connectivity index (χ4n) is 3.07. The van der Waals surface area contributed by atoms with Crippen LogP contribution >= 0.6 is 0 Å². The standard InChI is InChI=1S/C18H23N3O3/c1-11(2)8-9-21-10-14-15(17(21)22)16(20-18(23)19-14)12-4-6-13(24-3)7-5-12/h4-7,11,16H,8-10H2,1-3H3,(H2,19,20,23)/t16-/m1/s1. The molecule has 3 amide bonds. The van der Waals surface area contributed by atoms with Crippen molar-refractivity contribution >= 4 is 11.9 Å². The van der Waals surface area contributed by atoms with Gasteiger partial charge in [-0.2, -0.15) is 0 Å². The molecule has 6 heteroatoms. The van der Waals surface area contributed by atoms with Crippen LogP contribution < -0.4 is 15.4 Å². The summed E-state index contributed by atoms with van der Waals surface area (Å²) in [5.41, 5.74) is 2.23. The molecule has 0 bridgehead atoms. The molecule has 2 aliphatic rings. The molecule has 2 N–H and O–H groups in total. The second kappa shape index (κ2) is 6.55. The zero-order valence-electron chi connectivity index (χ0n) is 14.3. The predicted molar refractivity (Wildman–Crippen MR) is 90.5 cm³/mol. The normalized spacial score (nSPS) is 20.2. The molecule has 128 valence electrons. The van der Waals surface area contributed by atoms with Gasteiger partial charge in [-0.25, -0.2) is 4.79 Å². The minimum absolute atomic E-state index is 0.000956. The molecule has 1 aromatic rings. The Bertz CT molecular complexity index is 679. The smallest absolute Gasteiger partial charge is 0.319 e. The highest BCUT2D eigenvalue weighted by Gasteiger charge is 2.40. The molecule has 2 heterocycles. The van der Waals surface area contributed by atoms with Gasteiger partial charge in [-0.1, -0.05) is 26.0 Å². The molecule has 0 aliphatic carbocycles. The van der Waals surface area contributed by atoms with Gasteiger partial charge in [0.05, 0.1) is 31.0 Å². The number of amides is 3. The zero-order valence-corrected chi connectivity index (χ0v) is 14.3. The third kappa shape index (κ3) is 3.09. The quantitative estimate of drug-likeness (QED) is 0.870. The van der Waals surface area contributed by atoms with Gasteiger partial charge in [-0.3, -0.25) is 4.79 Å². The van der Waals surface area contributed by atoms with Gasteiger partial charge in [0.2, 0.25) is 0 Å². The van der Waals surface area contributed by atoms with Crippen molar-refractivity contribution in [2.24, 2.45) is 5.92 Å². The second-order valence-corrected chi connectivity index (χ2v) is 6.61. The summed E-state index contributed by atoms with van der Waals surface area (Å²) in [6.45, 7) is 5.45. The van der Waals surface area contributed by atoms with E-state index in [2.05, 4.69) is 24.5 Å². The number of carbonyl (C=O) groups is 2. The summed E-state index contributed by atoms with van der Waals surface area (Å²) in [6.07, 6.45) is 0.945. The molecule has 1 aromatic carbocycles. The van der Waals surface area contributed by atoms with Gasteiger partial charge >= 0.3 is 6.03 Å². The summed E-state index contributed by atoms with van der Waals surface area (Å²) >= 11 is 0. The summed E-state index contributed by atoms with van der Waals surface area (Å²) in [6, 6.07) is 6.73. The Kier molecular flexibility index (Phi) is 4.46. The van der Waals surface area contributed by atoms with Gasteiger partial charge in [-0.05, 0) is 30.0 Å². The molecule has 0 fully saturated rings. The molecule has 0 aromatic heterocycles. The first-order valence-corrected chi connectivity index (χ1v) is 8.23. The van der Waals surface area contributed by atoms with Gasteiger partial charge in [0, 0.05) is 6.54 Å². The third-order valence-corrected chi connectivity index (χ3v) is 4.45.